The molecule has 4 aromatic rings. The Morgan fingerprint density at radius 1 is 0.867 bits per heavy atom. The molecule has 11 heteroatoms. The van der Waals surface area contributed by atoms with Crippen LogP contribution in [0.4, 0.5) is 0 Å². The number of carbonyl (C=O) groups excluding carboxylic acids is 2. The van der Waals surface area contributed by atoms with E-state index in [0.29, 0.717) is 45.0 Å². The van der Waals surface area contributed by atoms with Gasteiger partial charge in [0.25, 0.3) is 0 Å². The molecule has 11 nitrogen and oxygen atoms in total. The molecule has 1 fully saturated rings. The Balaban J connectivity index is 1.47. The van der Waals surface area contributed by atoms with Gasteiger partial charge < -0.3 is 28.4 Å². The van der Waals surface area contributed by atoms with Crippen LogP contribution in [0.5, 0.6) is 23.0 Å². The highest BCUT2D eigenvalue weighted by molar-refractivity contribution is 6.16. The second-order valence-corrected chi connectivity index (χ2v) is 10.2. The summed E-state index contributed by atoms with van der Waals surface area (Å²) in [6, 6.07) is 13.9. The van der Waals surface area contributed by atoms with Crippen LogP contribution in [-0.4, -0.2) is 81.2 Å². The van der Waals surface area contributed by atoms with Gasteiger partial charge in [-0.25, -0.2) is 9.48 Å². The number of ketones is 1. The third-order valence-electron chi connectivity index (χ3n) is 7.50. The Kier molecular flexibility index (Phi) is 9.87. The highest BCUT2D eigenvalue weighted by Gasteiger charge is 2.25. The molecule has 1 aliphatic rings. The molecule has 5 rings (SSSR count). The molecule has 45 heavy (non-hydrogen) atoms. The average Bonchev–Trinajstić information content (AvgIpc) is 3.46. The second kappa shape index (κ2) is 14.2. The number of rotatable bonds is 11. The predicted molar refractivity (Wildman–Crippen MR) is 166 cm³/mol. The van der Waals surface area contributed by atoms with Crippen LogP contribution in [0.3, 0.4) is 0 Å². The van der Waals surface area contributed by atoms with E-state index >= 15 is 0 Å². The van der Waals surface area contributed by atoms with Crippen LogP contribution < -0.4 is 18.9 Å². The molecule has 0 unspecified atom stereocenters. The first-order valence-corrected chi connectivity index (χ1v) is 14.3. The first kappa shape index (κ1) is 31.4. The number of aromatic nitrogens is 2. The maximum atomic E-state index is 14.0. The van der Waals surface area contributed by atoms with E-state index < -0.39 is 11.8 Å². The zero-order valence-corrected chi connectivity index (χ0v) is 26.0. The standard InChI is InChI=1S/C34H35N3O8/c1-6-7-25-27(40-2)13-12-26-30(32(38)24-18-28(41-3)33(43-5)29(19-24)42-4)35-37(31(25)26)21-45-34(39)23-10-8-22(9-11-23)20-36-14-16-44-17-15-36/h8-13,18-19H,14-17,20-21H2,1-5H3. The van der Waals surface area contributed by atoms with Gasteiger partial charge in [-0.1, -0.05) is 18.1 Å². The number of ether oxygens (including phenoxy) is 6. The number of methoxy groups -OCH3 is 4. The first-order valence-electron chi connectivity index (χ1n) is 14.3. The van der Waals surface area contributed by atoms with Gasteiger partial charge in [0.15, 0.2) is 18.2 Å². The van der Waals surface area contributed by atoms with Crippen molar-refractivity contribution in [2.75, 3.05) is 54.7 Å². The minimum Gasteiger partial charge on any atom is -0.495 e. The summed E-state index contributed by atoms with van der Waals surface area (Å²) in [4.78, 5) is 29.4. The van der Waals surface area contributed by atoms with Crippen LogP contribution in [-0.2, 0) is 22.7 Å². The molecule has 234 valence electrons. The molecule has 0 N–H and O–H groups in total. The average molecular weight is 614 g/mol. The fraction of sp³-hybridized carbons (Fsp3) is 0.324. The van der Waals surface area contributed by atoms with E-state index in [-0.39, 0.29) is 18.0 Å². The number of esters is 1. The monoisotopic (exact) mass is 613 g/mol. The van der Waals surface area contributed by atoms with Gasteiger partial charge in [-0.3, -0.25) is 9.69 Å². The van der Waals surface area contributed by atoms with Gasteiger partial charge in [0, 0.05) is 30.6 Å². The molecule has 0 radical (unpaired) electrons. The Hall–Kier alpha value is -5.05. The Bertz CT molecular complexity index is 1740. The van der Waals surface area contributed by atoms with Crippen LogP contribution >= 0.6 is 0 Å². The molecule has 0 atom stereocenters. The summed E-state index contributed by atoms with van der Waals surface area (Å²) < 4.78 is 34.4. The number of hydrogen-bond acceptors (Lipinski definition) is 10. The predicted octanol–water partition coefficient (Wildman–Crippen LogP) is 4.32. The highest BCUT2D eigenvalue weighted by Crippen LogP contribution is 2.39. The maximum Gasteiger partial charge on any atom is 0.339 e. The van der Waals surface area contributed by atoms with Crippen LogP contribution in [0.1, 0.15) is 44.5 Å². The quantitative estimate of drug-likeness (QED) is 0.138. The third-order valence-corrected chi connectivity index (χ3v) is 7.50. The summed E-state index contributed by atoms with van der Waals surface area (Å²) in [5.41, 5.74) is 2.90. The van der Waals surface area contributed by atoms with Gasteiger partial charge >= 0.3 is 5.97 Å². The van der Waals surface area contributed by atoms with E-state index in [4.69, 9.17) is 28.4 Å². The lowest BCUT2D eigenvalue weighted by Crippen LogP contribution is -2.35. The molecule has 0 aliphatic carbocycles. The van der Waals surface area contributed by atoms with Gasteiger partial charge in [0.05, 0.1) is 58.3 Å². The van der Waals surface area contributed by atoms with E-state index in [1.165, 1.54) is 33.1 Å². The van der Waals surface area contributed by atoms with Crippen LogP contribution in [0, 0.1) is 11.8 Å². The van der Waals surface area contributed by atoms with E-state index in [2.05, 4.69) is 21.8 Å². The van der Waals surface area contributed by atoms with E-state index in [1.54, 1.807) is 43.3 Å². The molecule has 1 aromatic heterocycles. The molecule has 3 aromatic carbocycles. The van der Waals surface area contributed by atoms with Crippen molar-refractivity contribution >= 4 is 22.7 Å². The summed E-state index contributed by atoms with van der Waals surface area (Å²) in [5.74, 6) is 6.53. The Labute approximate surface area is 261 Å². The topological polar surface area (TPSA) is 111 Å². The molecular weight excluding hydrogens is 578 g/mol. The van der Waals surface area contributed by atoms with Gasteiger partial charge in [0.2, 0.25) is 11.5 Å². The van der Waals surface area contributed by atoms with Crippen LogP contribution in [0.2, 0.25) is 0 Å². The Morgan fingerprint density at radius 2 is 1.53 bits per heavy atom. The lowest BCUT2D eigenvalue weighted by atomic mass is 10.0. The number of nitrogens with zero attached hydrogens (tertiary/aromatic N) is 3. The number of morpholine rings is 1. The van der Waals surface area contributed by atoms with Crippen molar-refractivity contribution in [2.24, 2.45) is 0 Å². The third kappa shape index (κ3) is 6.57. The molecule has 2 heterocycles. The molecular formula is C34H35N3O8. The fourth-order valence-corrected chi connectivity index (χ4v) is 5.25. The zero-order chi connectivity index (χ0) is 31.9. The fourth-order valence-electron chi connectivity index (χ4n) is 5.25. The maximum absolute atomic E-state index is 14.0. The molecule has 0 saturated carbocycles. The normalized spacial score (nSPS) is 13.1. The van der Waals surface area contributed by atoms with Crippen molar-refractivity contribution in [1.82, 2.24) is 14.7 Å². The van der Waals surface area contributed by atoms with Crippen LogP contribution in [0.15, 0.2) is 48.5 Å². The minimum absolute atomic E-state index is 0.129. The van der Waals surface area contributed by atoms with Gasteiger partial charge in [-0.2, -0.15) is 5.10 Å². The lowest BCUT2D eigenvalue weighted by molar-refractivity contribution is 0.0341. The lowest BCUT2D eigenvalue weighted by Gasteiger charge is -2.26. The molecule has 1 saturated heterocycles. The van der Waals surface area contributed by atoms with Crippen molar-refractivity contribution in [2.45, 2.75) is 20.2 Å². The summed E-state index contributed by atoms with van der Waals surface area (Å²) in [6.45, 7) is 5.41. The van der Waals surface area contributed by atoms with E-state index in [1.807, 2.05) is 12.1 Å². The largest absolute Gasteiger partial charge is 0.495 e. The number of hydrogen-bond donors (Lipinski definition) is 0. The number of fused-ring (bicyclic) bond motifs is 1. The van der Waals surface area contributed by atoms with Crippen molar-refractivity contribution in [3.8, 4) is 34.8 Å². The summed E-state index contributed by atoms with van der Waals surface area (Å²) in [7, 11) is 5.97. The van der Waals surface area contributed by atoms with Crippen molar-refractivity contribution in [3.05, 3.63) is 76.5 Å². The number of carbonyl (C=O) groups is 2. The molecule has 0 spiro atoms. The smallest absolute Gasteiger partial charge is 0.339 e. The van der Waals surface area contributed by atoms with Crippen molar-refractivity contribution < 1.29 is 38.0 Å². The summed E-state index contributed by atoms with van der Waals surface area (Å²) in [6.07, 6.45) is 0. The van der Waals surface area contributed by atoms with E-state index in [9.17, 15) is 9.59 Å². The second-order valence-electron chi connectivity index (χ2n) is 10.2. The van der Waals surface area contributed by atoms with Gasteiger partial charge in [-0.05, 0) is 48.9 Å². The number of benzene rings is 3. The summed E-state index contributed by atoms with van der Waals surface area (Å²) >= 11 is 0. The zero-order valence-electron chi connectivity index (χ0n) is 26.0. The van der Waals surface area contributed by atoms with Crippen molar-refractivity contribution in [3.63, 3.8) is 0 Å². The van der Waals surface area contributed by atoms with E-state index in [0.717, 1.165) is 38.4 Å². The molecule has 0 bridgehead atoms. The summed E-state index contributed by atoms with van der Waals surface area (Å²) in [5, 5.41) is 5.13. The van der Waals surface area contributed by atoms with Gasteiger partial charge in [-0.15, -0.1) is 5.92 Å². The molecule has 1 aliphatic heterocycles. The SMILES string of the molecule is CC#Cc1c(OC)ccc2c(C(=O)c3cc(OC)c(OC)c(OC)c3)nn(COC(=O)c3ccc(CN4CCOCC4)cc3)c12. The van der Waals surface area contributed by atoms with Gasteiger partial charge in [0.1, 0.15) is 11.4 Å². The Morgan fingerprint density at radius 3 is 2.13 bits per heavy atom. The molecule has 0 amide bonds. The van der Waals surface area contributed by atoms with Crippen LogP contribution in [0.25, 0.3) is 10.9 Å². The first-order chi connectivity index (χ1) is 21.9. The highest BCUT2D eigenvalue weighted by atomic mass is 16.5. The minimum atomic E-state index is -0.528. The van der Waals surface area contributed by atoms with Crippen molar-refractivity contribution in [1.29, 1.82) is 0 Å².